The van der Waals surface area contributed by atoms with Crippen molar-refractivity contribution in [3.8, 4) is 5.75 Å². The highest BCUT2D eigenvalue weighted by Gasteiger charge is 2.40. The molecule has 5 rings (SSSR count). The highest BCUT2D eigenvalue weighted by atomic mass is 16.5. The van der Waals surface area contributed by atoms with Gasteiger partial charge in [0.15, 0.2) is 0 Å². The van der Waals surface area contributed by atoms with Crippen molar-refractivity contribution in [1.29, 1.82) is 0 Å². The molecule has 2 atom stereocenters. The normalized spacial score (nSPS) is 28.7. The Morgan fingerprint density at radius 2 is 1.94 bits per heavy atom. The van der Waals surface area contributed by atoms with Crippen molar-refractivity contribution in [3.05, 3.63) is 64.7 Å². The van der Waals surface area contributed by atoms with E-state index in [1.165, 1.54) is 9.80 Å². The number of carbonyl (C=O) groups excluding carboxylic acids is 3. The Morgan fingerprint density at radius 3 is 2.76 bits per heavy atom. The van der Waals surface area contributed by atoms with E-state index in [-0.39, 0.29) is 50.9 Å². The molecule has 33 heavy (non-hydrogen) atoms. The van der Waals surface area contributed by atoms with Crippen LogP contribution in [-0.4, -0.2) is 59.7 Å². The molecule has 0 bridgehead atoms. The molecule has 3 aliphatic rings. The number of morpholine rings is 1. The lowest BCUT2D eigenvalue weighted by Crippen LogP contribution is -2.52. The maximum Gasteiger partial charge on any atom is 0.255 e. The average molecular weight is 455 g/mol. The second-order valence-electron chi connectivity index (χ2n) is 8.15. The summed E-state index contributed by atoms with van der Waals surface area (Å²) >= 11 is 0. The molecule has 1 N–H and O–H groups in total. The van der Waals surface area contributed by atoms with Crippen LogP contribution in [0.4, 0.5) is 0 Å². The maximum absolute atomic E-state index is 13.0. The summed E-state index contributed by atoms with van der Waals surface area (Å²) in [7, 11) is 0. The van der Waals surface area contributed by atoms with Crippen LogP contribution in [0.15, 0.2) is 42.5 Å². The summed E-state index contributed by atoms with van der Waals surface area (Å²) in [6, 6.07) is 11.7. The van der Waals surface area contributed by atoms with Crippen LogP contribution in [0.1, 0.15) is 46.7 Å². The lowest BCUT2D eigenvalue weighted by atomic mass is 10.0. The molecule has 0 spiro atoms. The molecule has 0 aromatic heterocycles. The monoisotopic (exact) mass is 454 g/mol. The molecule has 0 radical (unpaired) electrons. The van der Waals surface area contributed by atoms with E-state index in [4.69, 9.17) is 16.3 Å². The standard InChI is InChI=1S/C25H27N3O5/c29-23-9-8-21(24(30)26-23)28-15-20-19(25(28)31)2-1-3-22(20)33-16-18-6-4-17(5-7-18)14-27-10-12-32-13-11-27/h1-7,21H,8-16H2,(H,26,29,30)/i10D2,12D,13D2. The number of ether oxygens (including phenoxy) is 2. The summed E-state index contributed by atoms with van der Waals surface area (Å²) in [4.78, 5) is 39.5. The number of amides is 3. The third kappa shape index (κ3) is 4.62. The van der Waals surface area contributed by atoms with Gasteiger partial charge in [0.25, 0.3) is 5.91 Å². The Hall–Kier alpha value is -3.23. The molecule has 2 fully saturated rings. The predicted octanol–water partition coefficient (Wildman–Crippen LogP) is 1.86. The third-order valence-corrected chi connectivity index (χ3v) is 5.96. The second kappa shape index (κ2) is 9.33. The van der Waals surface area contributed by atoms with E-state index in [0.717, 1.165) is 11.1 Å². The Kier molecular flexibility index (Phi) is 4.63. The summed E-state index contributed by atoms with van der Waals surface area (Å²) in [5.74, 6) is -0.549. The maximum atomic E-state index is 13.0. The van der Waals surface area contributed by atoms with E-state index in [9.17, 15) is 14.4 Å². The quantitative estimate of drug-likeness (QED) is 0.671. The number of carbonyl (C=O) groups is 3. The van der Waals surface area contributed by atoms with Crippen LogP contribution in [0, 0.1) is 0 Å². The van der Waals surface area contributed by atoms with Gasteiger partial charge < -0.3 is 14.4 Å². The molecule has 0 saturated carbocycles. The van der Waals surface area contributed by atoms with Crippen molar-refractivity contribution in [2.75, 3.05) is 26.2 Å². The van der Waals surface area contributed by atoms with Gasteiger partial charge in [-0.05, 0) is 29.7 Å². The number of hydrogen-bond donors (Lipinski definition) is 1. The zero-order valence-electron chi connectivity index (χ0n) is 22.9. The minimum atomic E-state index is -2.14. The first-order valence-corrected chi connectivity index (χ1v) is 10.8. The minimum Gasteiger partial charge on any atom is -0.489 e. The van der Waals surface area contributed by atoms with Crippen molar-refractivity contribution >= 4 is 17.7 Å². The Labute approximate surface area is 199 Å². The van der Waals surface area contributed by atoms with Crippen molar-refractivity contribution in [3.63, 3.8) is 0 Å². The molecule has 2 saturated heterocycles. The van der Waals surface area contributed by atoms with Crippen molar-refractivity contribution in [2.45, 2.75) is 38.6 Å². The van der Waals surface area contributed by atoms with Crippen LogP contribution in [0.25, 0.3) is 0 Å². The number of imide groups is 1. The average Bonchev–Trinajstić information content (AvgIpc) is 3.18. The van der Waals surface area contributed by atoms with Gasteiger partial charge in [0.05, 0.1) is 23.8 Å². The lowest BCUT2D eigenvalue weighted by Gasteiger charge is -2.29. The zero-order chi connectivity index (χ0) is 27.2. The highest BCUT2D eigenvalue weighted by molar-refractivity contribution is 6.05. The topological polar surface area (TPSA) is 88.2 Å². The van der Waals surface area contributed by atoms with Crippen molar-refractivity contribution < 1.29 is 30.7 Å². The highest BCUT2D eigenvalue weighted by Crippen LogP contribution is 2.34. The van der Waals surface area contributed by atoms with Crippen LogP contribution in [0.5, 0.6) is 5.75 Å². The summed E-state index contributed by atoms with van der Waals surface area (Å²) < 4.78 is 50.5. The van der Waals surface area contributed by atoms with Gasteiger partial charge in [-0.3, -0.25) is 24.6 Å². The van der Waals surface area contributed by atoms with Crippen LogP contribution >= 0.6 is 0 Å². The molecule has 172 valence electrons. The van der Waals surface area contributed by atoms with E-state index in [2.05, 4.69) is 5.32 Å². The first-order chi connectivity index (χ1) is 17.9. The number of fused-ring (bicyclic) bond motifs is 1. The SMILES string of the molecule is [2H]C1OC([2H])([2H])CN(Cc2ccc(COc3cccc4c3CN(C3CCC(=O)NC3=O)C4=O)cc2)C1([2H])[2H]. The van der Waals surface area contributed by atoms with E-state index >= 15 is 0 Å². The fraction of sp³-hybridized carbons (Fsp3) is 0.400. The molecule has 3 heterocycles. The summed E-state index contributed by atoms with van der Waals surface area (Å²) in [5.41, 5.74) is 2.73. The van der Waals surface area contributed by atoms with Crippen LogP contribution in [-0.2, 0) is 34.0 Å². The van der Waals surface area contributed by atoms with Gasteiger partial charge in [-0.1, -0.05) is 30.3 Å². The molecular weight excluding hydrogens is 422 g/mol. The van der Waals surface area contributed by atoms with Crippen molar-refractivity contribution in [2.24, 2.45) is 0 Å². The molecule has 2 aromatic rings. The number of benzene rings is 2. The Bertz CT molecular complexity index is 1270. The fourth-order valence-electron chi connectivity index (χ4n) is 4.22. The van der Waals surface area contributed by atoms with E-state index < -0.39 is 31.6 Å². The largest absolute Gasteiger partial charge is 0.489 e. The Balaban J connectivity index is 1.24. The predicted molar refractivity (Wildman–Crippen MR) is 119 cm³/mol. The van der Waals surface area contributed by atoms with Gasteiger partial charge in [0.2, 0.25) is 11.8 Å². The summed E-state index contributed by atoms with van der Waals surface area (Å²) in [6.07, 6.45) is 0.467. The van der Waals surface area contributed by atoms with Gasteiger partial charge in [-0.15, -0.1) is 0 Å². The minimum absolute atomic E-state index is 0.108. The summed E-state index contributed by atoms with van der Waals surface area (Å²) in [6.45, 7) is -5.69. The van der Waals surface area contributed by atoms with Gasteiger partial charge in [-0.2, -0.15) is 0 Å². The molecule has 2 aromatic carbocycles. The van der Waals surface area contributed by atoms with Crippen LogP contribution < -0.4 is 10.1 Å². The zero-order valence-corrected chi connectivity index (χ0v) is 17.9. The smallest absolute Gasteiger partial charge is 0.255 e. The molecule has 2 unspecified atom stereocenters. The molecule has 3 aliphatic heterocycles. The molecule has 0 aliphatic carbocycles. The third-order valence-electron chi connectivity index (χ3n) is 5.96. The number of hydrogen-bond acceptors (Lipinski definition) is 6. The fourth-order valence-corrected chi connectivity index (χ4v) is 4.22. The van der Waals surface area contributed by atoms with Crippen LogP contribution in [0.3, 0.4) is 0 Å². The van der Waals surface area contributed by atoms with E-state index in [1.807, 2.05) is 12.1 Å². The number of piperidine rings is 1. The van der Waals surface area contributed by atoms with Crippen molar-refractivity contribution in [1.82, 2.24) is 15.1 Å². The van der Waals surface area contributed by atoms with Gasteiger partial charge in [0, 0.05) is 39.9 Å². The van der Waals surface area contributed by atoms with Gasteiger partial charge >= 0.3 is 0 Å². The number of nitrogens with zero attached hydrogens (tertiary/aromatic N) is 2. The molecule has 3 amide bonds. The van der Waals surface area contributed by atoms with Gasteiger partial charge in [-0.25, -0.2) is 0 Å². The number of nitrogens with one attached hydrogen (secondary N) is 1. The number of rotatable bonds is 6. The molecular formula is C25H27N3O5. The Morgan fingerprint density at radius 1 is 1.12 bits per heavy atom. The van der Waals surface area contributed by atoms with Gasteiger partial charge in [0.1, 0.15) is 18.4 Å². The second-order valence-corrected chi connectivity index (χ2v) is 8.15. The molecule has 8 heteroatoms. The summed E-state index contributed by atoms with van der Waals surface area (Å²) in [5, 5.41) is 2.29. The first kappa shape index (κ1) is 16.4. The van der Waals surface area contributed by atoms with E-state index in [1.54, 1.807) is 30.3 Å². The first-order valence-electron chi connectivity index (χ1n) is 13.3. The molecule has 8 nitrogen and oxygen atoms in total. The van der Waals surface area contributed by atoms with E-state index in [0.29, 0.717) is 16.9 Å². The van der Waals surface area contributed by atoms with Crippen LogP contribution in [0.2, 0.25) is 0 Å². The lowest BCUT2D eigenvalue weighted by molar-refractivity contribution is -0.136.